The summed E-state index contributed by atoms with van der Waals surface area (Å²) in [4.78, 5) is 12.0. The van der Waals surface area contributed by atoms with Crippen molar-refractivity contribution in [2.75, 3.05) is 38.7 Å². The molecule has 8 nitrogen and oxygen atoms in total. The van der Waals surface area contributed by atoms with Gasteiger partial charge in [-0.25, -0.2) is 13.6 Å². The summed E-state index contributed by atoms with van der Waals surface area (Å²) in [7, 11) is -3.52. The molecule has 23 heavy (non-hydrogen) atoms. The molecule has 0 spiro atoms. The molecule has 1 aliphatic heterocycles. The zero-order chi connectivity index (χ0) is 16.7. The van der Waals surface area contributed by atoms with Crippen molar-refractivity contribution in [3.8, 4) is 11.5 Å². The number of benzene rings is 1. The molecule has 0 fully saturated rings. The van der Waals surface area contributed by atoms with Crippen LogP contribution in [0.15, 0.2) is 18.2 Å². The third-order valence-electron chi connectivity index (χ3n) is 3.05. The number of carbonyl (C=O) groups is 1. The molecule has 0 saturated heterocycles. The van der Waals surface area contributed by atoms with Crippen LogP contribution in [-0.4, -0.2) is 53.1 Å². The molecule has 1 amide bonds. The molecule has 0 aromatic heterocycles. The second-order valence-corrected chi connectivity index (χ2v) is 6.68. The fourth-order valence-corrected chi connectivity index (χ4v) is 2.27. The number of nitrogens with two attached hydrogens (primary N) is 1. The lowest BCUT2D eigenvalue weighted by molar-refractivity contribution is 0.0922. The SMILES string of the molecule is NS(=O)(=O)CCOCCNC(=O)c1ccc2c(c1)OCCCO2. The molecular formula is C14H20N2O6S. The number of amides is 1. The maximum absolute atomic E-state index is 12.0. The van der Waals surface area contributed by atoms with E-state index in [1.807, 2.05) is 0 Å². The van der Waals surface area contributed by atoms with Crippen molar-refractivity contribution in [1.29, 1.82) is 0 Å². The van der Waals surface area contributed by atoms with E-state index < -0.39 is 10.0 Å². The highest BCUT2D eigenvalue weighted by Crippen LogP contribution is 2.30. The minimum atomic E-state index is -3.52. The van der Waals surface area contributed by atoms with Crippen molar-refractivity contribution in [3.63, 3.8) is 0 Å². The van der Waals surface area contributed by atoms with Gasteiger partial charge >= 0.3 is 0 Å². The van der Waals surface area contributed by atoms with Crippen molar-refractivity contribution in [2.45, 2.75) is 6.42 Å². The van der Waals surface area contributed by atoms with E-state index in [9.17, 15) is 13.2 Å². The Morgan fingerprint density at radius 1 is 1.22 bits per heavy atom. The van der Waals surface area contributed by atoms with Crippen LogP contribution in [0.5, 0.6) is 11.5 Å². The normalized spacial score (nSPS) is 14.1. The molecule has 0 radical (unpaired) electrons. The van der Waals surface area contributed by atoms with E-state index in [1.54, 1.807) is 18.2 Å². The Hall–Kier alpha value is -1.84. The van der Waals surface area contributed by atoms with Crippen LogP contribution in [0.3, 0.4) is 0 Å². The van der Waals surface area contributed by atoms with E-state index in [2.05, 4.69) is 5.32 Å². The molecule has 3 N–H and O–H groups in total. The molecule has 0 saturated carbocycles. The van der Waals surface area contributed by atoms with Crippen molar-refractivity contribution in [1.82, 2.24) is 5.32 Å². The topological polar surface area (TPSA) is 117 Å². The Morgan fingerprint density at radius 2 is 1.96 bits per heavy atom. The van der Waals surface area contributed by atoms with E-state index in [0.29, 0.717) is 30.3 Å². The third kappa shape index (κ3) is 6.05. The molecular weight excluding hydrogens is 324 g/mol. The number of rotatable bonds is 7. The highest BCUT2D eigenvalue weighted by Gasteiger charge is 2.13. The van der Waals surface area contributed by atoms with Crippen molar-refractivity contribution < 1.29 is 27.4 Å². The van der Waals surface area contributed by atoms with Crippen LogP contribution >= 0.6 is 0 Å². The Labute approximate surface area is 134 Å². The van der Waals surface area contributed by atoms with Crippen LogP contribution in [0, 0.1) is 0 Å². The first-order chi connectivity index (χ1) is 11.0. The van der Waals surface area contributed by atoms with Crippen LogP contribution < -0.4 is 19.9 Å². The van der Waals surface area contributed by atoms with Gasteiger partial charge in [0, 0.05) is 18.5 Å². The van der Waals surface area contributed by atoms with E-state index in [1.165, 1.54) is 0 Å². The Kier molecular flexibility index (Phi) is 6.20. The summed E-state index contributed by atoms with van der Waals surface area (Å²) in [6.07, 6.45) is 0.798. The number of ether oxygens (including phenoxy) is 3. The fourth-order valence-electron chi connectivity index (χ4n) is 1.92. The van der Waals surface area contributed by atoms with Crippen LogP contribution in [-0.2, 0) is 14.8 Å². The second-order valence-electron chi connectivity index (χ2n) is 4.95. The number of nitrogens with one attached hydrogen (secondary N) is 1. The third-order valence-corrected chi connectivity index (χ3v) is 3.79. The standard InChI is InChI=1S/C14H20N2O6S/c15-23(18,19)9-8-20-7-4-16-14(17)11-2-3-12-13(10-11)22-6-1-5-21-12/h2-3,10H,1,4-9H2,(H,16,17)(H2,15,18,19). The van der Waals surface area contributed by atoms with Crippen molar-refractivity contribution >= 4 is 15.9 Å². The van der Waals surface area contributed by atoms with E-state index in [0.717, 1.165) is 6.42 Å². The molecule has 128 valence electrons. The number of hydrogen-bond donors (Lipinski definition) is 2. The number of primary sulfonamides is 1. The number of hydrogen-bond acceptors (Lipinski definition) is 6. The summed E-state index contributed by atoms with van der Waals surface area (Å²) in [5, 5.41) is 7.52. The van der Waals surface area contributed by atoms with Gasteiger partial charge in [0.05, 0.1) is 32.2 Å². The minimum Gasteiger partial charge on any atom is -0.490 e. The molecule has 1 aromatic carbocycles. The summed E-state index contributed by atoms with van der Waals surface area (Å²) < 4.78 is 37.5. The molecule has 1 heterocycles. The average Bonchev–Trinajstić information content (AvgIpc) is 2.73. The van der Waals surface area contributed by atoms with Gasteiger partial charge in [-0.1, -0.05) is 0 Å². The monoisotopic (exact) mass is 344 g/mol. The fraction of sp³-hybridized carbons (Fsp3) is 0.500. The van der Waals surface area contributed by atoms with Crippen LogP contribution in [0.25, 0.3) is 0 Å². The van der Waals surface area contributed by atoms with Crippen LogP contribution in [0.2, 0.25) is 0 Å². The number of carbonyl (C=O) groups excluding carboxylic acids is 1. The summed E-state index contributed by atoms with van der Waals surface area (Å²) in [5.41, 5.74) is 0.457. The van der Waals surface area contributed by atoms with Gasteiger partial charge in [0.2, 0.25) is 10.0 Å². The zero-order valence-corrected chi connectivity index (χ0v) is 13.4. The molecule has 1 aromatic rings. The molecule has 0 atom stereocenters. The predicted octanol–water partition coefficient (Wildman–Crippen LogP) is -0.117. The summed E-state index contributed by atoms with van der Waals surface area (Å²) >= 11 is 0. The maximum atomic E-state index is 12.0. The first-order valence-corrected chi connectivity index (χ1v) is 8.93. The first-order valence-electron chi connectivity index (χ1n) is 7.22. The minimum absolute atomic E-state index is 0.00126. The van der Waals surface area contributed by atoms with Gasteiger partial charge in [-0.15, -0.1) is 0 Å². The Morgan fingerprint density at radius 3 is 2.70 bits per heavy atom. The molecule has 0 aliphatic carbocycles. The van der Waals surface area contributed by atoms with Gasteiger partial charge in [0.1, 0.15) is 0 Å². The highest BCUT2D eigenvalue weighted by molar-refractivity contribution is 7.89. The van der Waals surface area contributed by atoms with Crippen molar-refractivity contribution in [2.24, 2.45) is 5.14 Å². The number of sulfonamides is 1. The van der Waals surface area contributed by atoms with Gasteiger partial charge < -0.3 is 19.5 Å². The van der Waals surface area contributed by atoms with E-state index >= 15 is 0 Å². The van der Waals surface area contributed by atoms with E-state index in [4.69, 9.17) is 19.3 Å². The Balaban J connectivity index is 1.76. The van der Waals surface area contributed by atoms with Crippen molar-refractivity contribution in [3.05, 3.63) is 23.8 Å². The van der Waals surface area contributed by atoms with Gasteiger partial charge in [-0.3, -0.25) is 4.79 Å². The largest absolute Gasteiger partial charge is 0.490 e. The summed E-state index contributed by atoms with van der Waals surface area (Å²) in [6, 6.07) is 5.00. The smallest absolute Gasteiger partial charge is 0.251 e. The molecule has 0 unspecified atom stereocenters. The van der Waals surface area contributed by atoms with Gasteiger partial charge in [-0.2, -0.15) is 0 Å². The quantitative estimate of drug-likeness (QED) is 0.666. The molecule has 9 heteroatoms. The molecule has 1 aliphatic rings. The van der Waals surface area contributed by atoms with Gasteiger partial charge in [-0.05, 0) is 18.2 Å². The molecule has 0 bridgehead atoms. The van der Waals surface area contributed by atoms with Gasteiger partial charge in [0.25, 0.3) is 5.91 Å². The second kappa shape index (κ2) is 8.14. The summed E-state index contributed by atoms with van der Waals surface area (Å²) in [5.74, 6) is 0.670. The van der Waals surface area contributed by atoms with Crippen LogP contribution in [0.4, 0.5) is 0 Å². The Bertz CT molecular complexity index is 647. The lowest BCUT2D eigenvalue weighted by atomic mass is 10.2. The van der Waals surface area contributed by atoms with Crippen LogP contribution in [0.1, 0.15) is 16.8 Å². The van der Waals surface area contributed by atoms with Gasteiger partial charge in [0.15, 0.2) is 11.5 Å². The lowest BCUT2D eigenvalue weighted by Gasteiger charge is -2.10. The maximum Gasteiger partial charge on any atom is 0.251 e. The highest BCUT2D eigenvalue weighted by atomic mass is 32.2. The zero-order valence-electron chi connectivity index (χ0n) is 12.6. The average molecular weight is 344 g/mol. The molecule has 2 rings (SSSR count). The lowest BCUT2D eigenvalue weighted by Crippen LogP contribution is -2.28. The number of fused-ring (bicyclic) bond motifs is 1. The van der Waals surface area contributed by atoms with E-state index in [-0.39, 0.29) is 31.4 Å². The first kappa shape index (κ1) is 17.5. The predicted molar refractivity (Wildman–Crippen MR) is 83.2 cm³/mol. The summed E-state index contributed by atoms with van der Waals surface area (Å²) in [6.45, 7) is 1.60.